The highest BCUT2D eigenvalue weighted by Gasteiger charge is 2.23. The van der Waals surface area contributed by atoms with Gasteiger partial charge in [0, 0.05) is 24.5 Å². The molecule has 0 radical (unpaired) electrons. The first-order valence-corrected chi connectivity index (χ1v) is 7.69. The minimum Gasteiger partial charge on any atom is -0.481 e. The number of aliphatic carboxylic acids is 1. The zero-order chi connectivity index (χ0) is 13.8. The molecular weight excluding hydrogens is 262 g/mol. The van der Waals surface area contributed by atoms with Gasteiger partial charge < -0.3 is 14.6 Å². The molecule has 6 heteroatoms. The maximum Gasteiger partial charge on any atom is 0.313 e. The third-order valence-corrected chi connectivity index (χ3v) is 4.63. The highest BCUT2D eigenvalue weighted by molar-refractivity contribution is 7.99. The Balaban J connectivity index is 2.11. The second-order valence-corrected chi connectivity index (χ2v) is 5.90. The molecule has 1 atom stereocenters. The van der Waals surface area contributed by atoms with E-state index in [1.165, 1.54) is 30.3 Å². The number of nitrogens with zero attached hydrogens (tertiary/aromatic N) is 3. The van der Waals surface area contributed by atoms with Gasteiger partial charge in [-0.25, -0.2) is 4.98 Å². The predicted molar refractivity (Wildman–Crippen MR) is 75.6 cm³/mol. The maximum atomic E-state index is 10.7. The third-order valence-electron chi connectivity index (χ3n) is 3.65. The molecule has 106 valence electrons. The van der Waals surface area contributed by atoms with Crippen molar-refractivity contribution in [2.24, 2.45) is 0 Å². The van der Waals surface area contributed by atoms with Gasteiger partial charge in [-0.3, -0.25) is 4.79 Å². The molecule has 0 bridgehead atoms. The molecule has 0 saturated carbocycles. The van der Waals surface area contributed by atoms with E-state index in [9.17, 15) is 4.79 Å². The van der Waals surface area contributed by atoms with Crippen molar-refractivity contribution in [3.8, 4) is 0 Å². The Morgan fingerprint density at radius 3 is 3.00 bits per heavy atom. The van der Waals surface area contributed by atoms with Crippen LogP contribution in [0.15, 0.2) is 11.4 Å². The second-order valence-electron chi connectivity index (χ2n) is 4.96. The van der Waals surface area contributed by atoms with Crippen LogP contribution in [-0.2, 0) is 17.8 Å². The van der Waals surface area contributed by atoms with E-state index in [1.807, 2.05) is 6.20 Å². The molecule has 1 aliphatic heterocycles. The summed E-state index contributed by atoms with van der Waals surface area (Å²) >= 11 is 1.31. The van der Waals surface area contributed by atoms with Gasteiger partial charge in [-0.2, -0.15) is 0 Å². The van der Waals surface area contributed by atoms with Gasteiger partial charge in [0.15, 0.2) is 5.16 Å². The molecule has 5 nitrogen and oxygen atoms in total. The van der Waals surface area contributed by atoms with E-state index in [1.54, 1.807) is 0 Å². The molecule has 1 aliphatic rings. The summed E-state index contributed by atoms with van der Waals surface area (Å²) in [5.74, 6) is -0.726. The van der Waals surface area contributed by atoms with E-state index in [2.05, 4.69) is 28.4 Å². The van der Waals surface area contributed by atoms with Gasteiger partial charge in [0.25, 0.3) is 0 Å². The number of hydrogen-bond donors (Lipinski definition) is 1. The van der Waals surface area contributed by atoms with Crippen LogP contribution in [0.5, 0.6) is 0 Å². The van der Waals surface area contributed by atoms with Crippen molar-refractivity contribution in [1.82, 2.24) is 14.5 Å². The van der Waals surface area contributed by atoms with Gasteiger partial charge in [0.2, 0.25) is 0 Å². The van der Waals surface area contributed by atoms with Gasteiger partial charge in [-0.05, 0) is 32.9 Å². The molecule has 1 N–H and O–H groups in total. The lowest BCUT2D eigenvalue weighted by Gasteiger charge is -2.22. The molecule has 0 aromatic carbocycles. The first kappa shape index (κ1) is 14.4. The fourth-order valence-corrected chi connectivity index (χ4v) is 3.26. The molecule has 0 spiro atoms. The minimum atomic E-state index is -0.796. The Morgan fingerprint density at radius 2 is 2.42 bits per heavy atom. The van der Waals surface area contributed by atoms with Crippen LogP contribution in [0.25, 0.3) is 0 Å². The van der Waals surface area contributed by atoms with Crippen LogP contribution in [0, 0.1) is 0 Å². The molecule has 1 unspecified atom stereocenters. The largest absolute Gasteiger partial charge is 0.481 e. The van der Waals surface area contributed by atoms with Crippen molar-refractivity contribution in [2.75, 3.05) is 19.3 Å². The Labute approximate surface area is 118 Å². The summed E-state index contributed by atoms with van der Waals surface area (Å²) in [7, 11) is 2.16. The van der Waals surface area contributed by atoms with Crippen LogP contribution in [0.3, 0.4) is 0 Å². The van der Waals surface area contributed by atoms with Crippen LogP contribution in [0.1, 0.15) is 25.5 Å². The van der Waals surface area contributed by atoms with Crippen molar-refractivity contribution in [1.29, 1.82) is 0 Å². The Morgan fingerprint density at radius 1 is 1.63 bits per heavy atom. The summed E-state index contributed by atoms with van der Waals surface area (Å²) in [5.41, 5.74) is 1.19. The Bertz CT molecular complexity index is 447. The second kappa shape index (κ2) is 6.43. The molecule has 0 amide bonds. The number of rotatable bonds is 6. The third kappa shape index (κ3) is 3.51. The Kier molecular flexibility index (Phi) is 4.87. The lowest BCUT2D eigenvalue weighted by atomic mass is 10.2. The molecule has 1 saturated heterocycles. The number of aryl methyl sites for hydroxylation is 1. The van der Waals surface area contributed by atoms with Gasteiger partial charge in [0.05, 0.1) is 5.75 Å². The molecule has 2 rings (SSSR count). The van der Waals surface area contributed by atoms with Crippen LogP contribution >= 0.6 is 11.8 Å². The summed E-state index contributed by atoms with van der Waals surface area (Å²) < 4.78 is 2.19. The monoisotopic (exact) mass is 283 g/mol. The quantitative estimate of drug-likeness (QED) is 0.806. The van der Waals surface area contributed by atoms with Crippen LogP contribution in [0.4, 0.5) is 0 Å². The smallest absolute Gasteiger partial charge is 0.313 e. The minimum absolute atomic E-state index is 0.0701. The molecular formula is C13H21N3O2S. The number of likely N-dealkylation sites (N-methyl/N-ethyl adjacent to an activating group) is 1. The Hall–Kier alpha value is -1.01. The van der Waals surface area contributed by atoms with Crippen LogP contribution in [0.2, 0.25) is 0 Å². The SMILES string of the molecule is CCc1cnc(SCC(=O)O)n1CC1CCCN1C. The lowest BCUT2D eigenvalue weighted by molar-refractivity contribution is -0.133. The number of carbonyl (C=O) groups is 1. The highest BCUT2D eigenvalue weighted by Crippen LogP contribution is 2.23. The number of carboxylic acids is 1. The van der Waals surface area contributed by atoms with E-state index in [-0.39, 0.29) is 5.75 Å². The summed E-state index contributed by atoms with van der Waals surface area (Å²) in [5, 5.41) is 9.62. The van der Waals surface area contributed by atoms with Crippen LogP contribution < -0.4 is 0 Å². The lowest BCUT2D eigenvalue weighted by Crippen LogP contribution is -2.30. The number of likely N-dealkylation sites (tertiary alicyclic amines) is 1. The first-order valence-electron chi connectivity index (χ1n) is 6.71. The summed E-state index contributed by atoms with van der Waals surface area (Å²) in [4.78, 5) is 17.4. The van der Waals surface area contributed by atoms with E-state index >= 15 is 0 Å². The van der Waals surface area contributed by atoms with Gasteiger partial charge in [-0.1, -0.05) is 18.7 Å². The zero-order valence-corrected chi connectivity index (χ0v) is 12.3. The molecule has 1 aromatic rings. The maximum absolute atomic E-state index is 10.7. The van der Waals surface area contributed by atoms with E-state index in [4.69, 9.17) is 5.11 Å². The standard InChI is InChI=1S/C13H21N3O2S/c1-3-10-7-14-13(19-9-12(17)18)16(10)8-11-5-4-6-15(11)2/h7,11H,3-6,8-9H2,1-2H3,(H,17,18). The molecule has 19 heavy (non-hydrogen) atoms. The summed E-state index contributed by atoms with van der Waals surface area (Å²) in [6.45, 7) is 4.18. The van der Waals surface area contributed by atoms with Crippen LogP contribution in [-0.4, -0.2) is 50.9 Å². The number of thioether (sulfide) groups is 1. The molecule has 2 heterocycles. The molecule has 1 aromatic heterocycles. The number of hydrogen-bond acceptors (Lipinski definition) is 4. The average Bonchev–Trinajstić information content (AvgIpc) is 2.95. The average molecular weight is 283 g/mol. The fraction of sp³-hybridized carbons (Fsp3) is 0.692. The highest BCUT2D eigenvalue weighted by atomic mass is 32.2. The number of carboxylic acid groups (broad SMARTS) is 1. The van der Waals surface area contributed by atoms with Gasteiger partial charge >= 0.3 is 5.97 Å². The van der Waals surface area contributed by atoms with Crippen molar-refractivity contribution in [2.45, 2.75) is 43.9 Å². The van der Waals surface area contributed by atoms with Crippen molar-refractivity contribution >= 4 is 17.7 Å². The van der Waals surface area contributed by atoms with E-state index in [0.717, 1.165) is 24.7 Å². The summed E-state index contributed by atoms with van der Waals surface area (Å²) in [6, 6.07) is 0.545. The zero-order valence-electron chi connectivity index (χ0n) is 11.5. The number of aromatic nitrogens is 2. The summed E-state index contributed by atoms with van der Waals surface area (Å²) in [6.07, 6.45) is 5.26. The molecule has 0 aliphatic carbocycles. The number of imidazole rings is 1. The molecule has 1 fully saturated rings. The van der Waals surface area contributed by atoms with E-state index < -0.39 is 5.97 Å². The van der Waals surface area contributed by atoms with Crippen molar-refractivity contribution in [3.63, 3.8) is 0 Å². The van der Waals surface area contributed by atoms with Crippen molar-refractivity contribution < 1.29 is 9.90 Å². The fourth-order valence-electron chi connectivity index (χ4n) is 2.53. The normalized spacial score (nSPS) is 20.0. The topological polar surface area (TPSA) is 58.4 Å². The predicted octanol–water partition coefficient (Wildman–Crippen LogP) is 1.72. The van der Waals surface area contributed by atoms with Crippen molar-refractivity contribution in [3.05, 3.63) is 11.9 Å². The van der Waals surface area contributed by atoms with Gasteiger partial charge in [0.1, 0.15) is 0 Å². The van der Waals surface area contributed by atoms with Gasteiger partial charge in [-0.15, -0.1) is 0 Å². The first-order chi connectivity index (χ1) is 9.11. The van der Waals surface area contributed by atoms with E-state index in [0.29, 0.717) is 6.04 Å².